The molecule has 4 heteroatoms. The second kappa shape index (κ2) is 5.12. The zero-order chi connectivity index (χ0) is 14.1. The minimum absolute atomic E-state index is 0.134. The number of imidazole rings is 1. The molecule has 0 N–H and O–H groups in total. The predicted molar refractivity (Wildman–Crippen MR) is 76.8 cm³/mol. The van der Waals surface area contributed by atoms with Crippen LogP contribution in [-0.4, -0.2) is 20.4 Å². The Hall–Kier alpha value is -2.10. The molecule has 0 spiro atoms. The third-order valence-electron chi connectivity index (χ3n) is 3.81. The van der Waals surface area contributed by atoms with Crippen molar-refractivity contribution < 1.29 is 4.79 Å². The molecule has 1 unspecified atom stereocenters. The first-order valence-corrected chi connectivity index (χ1v) is 7.00. The van der Waals surface area contributed by atoms with Gasteiger partial charge in [-0.2, -0.15) is 0 Å². The molecule has 1 aliphatic heterocycles. The zero-order valence-electron chi connectivity index (χ0n) is 11.9. The second-order valence-corrected chi connectivity index (χ2v) is 5.66. The molecule has 1 atom stereocenters. The van der Waals surface area contributed by atoms with Crippen molar-refractivity contribution >= 4 is 5.91 Å². The average molecular weight is 269 g/mol. The molecule has 1 aromatic carbocycles. The third kappa shape index (κ3) is 2.22. The van der Waals surface area contributed by atoms with E-state index in [0.717, 1.165) is 11.3 Å². The summed E-state index contributed by atoms with van der Waals surface area (Å²) in [6.07, 6.45) is 3.64. The monoisotopic (exact) mass is 269 g/mol. The molecule has 0 saturated carbocycles. The number of rotatable bonds is 3. The number of amides is 1. The van der Waals surface area contributed by atoms with Gasteiger partial charge in [-0.3, -0.25) is 4.79 Å². The molecular formula is C16H19N3O. The largest absolute Gasteiger partial charge is 0.331 e. The van der Waals surface area contributed by atoms with Gasteiger partial charge in [-0.05, 0) is 11.5 Å². The maximum atomic E-state index is 12.7. The van der Waals surface area contributed by atoms with Gasteiger partial charge in [0.25, 0.3) is 0 Å². The van der Waals surface area contributed by atoms with Crippen molar-refractivity contribution in [1.29, 1.82) is 0 Å². The highest BCUT2D eigenvalue weighted by atomic mass is 16.2. The second-order valence-electron chi connectivity index (χ2n) is 5.66. The van der Waals surface area contributed by atoms with Crippen LogP contribution >= 0.6 is 0 Å². The van der Waals surface area contributed by atoms with E-state index in [2.05, 4.69) is 31.0 Å². The van der Waals surface area contributed by atoms with Crippen LogP contribution in [0, 0.1) is 5.92 Å². The minimum Gasteiger partial charge on any atom is -0.331 e. The summed E-state index contributed by atoms with van der Waals surface area (Å²) in [5.74, 6) is 0.448. The summed E-state index contributed by atoms with van der Waals surface area (Å²) in [7, 11) is 0. The number of hydrogen-bond donors (Lipinski definition) is 0. The van der Waals surface area contributed by atoms with Crippen LogP contribution in [0.3, 0.4) is 0 Å². The summed E-state index contributed by atoms with van der Waals surface area (Å²) in [5.41, 5.74) is 2.27. The lowest BCUT2D eigenvalue weighted by Crippen LogP contribution is -2.43. The number of hydrogen-bond acceptors (Lipinski definition) is 2. The molecule has 2 heterocycles. The molecule has 1 amide bonds. The Morgan fingerprint density at radius 2 is 2.05 bits per heavy atom. The number of carbonyl (C=O) groups excluding carboxylic acids is 1. The molecular weight excluding hydrogens is 250 g/mol. The van der Waals surface area contributed by atoms with Crippen molar-refractivity contribution in [3.8, 4) is 0 Å². The van der Waals surface area contributed by atoms with Crippen LogP contribution in [0.1, 0.15) is 31.1 Å². The summed E-state index contributed by atoms with van der Waals surface area (Å²) in [5, 5.41) is 0. The van der Waals surface area contributed by atoms with E-state index in [9.17, 15) is 4.79 Å². The number of aromatic nitrogens is 2. The average Bonchev–Trinajstić information content (AvgIpc) is 2.87. The van der Waals surface area contributed by atoms with Crippen LogP contribution in [0.4, 0.5) is 0 Å². The molecule has 0 radical (unpaired) electrons. The van der Waals surface area contributed by atoms with Crippen LogP contribution in [0.15, 0.2) is 42.9 Å². The molecule has 1 aromatic heterocycles. The van der Waals surface area contributed by atoms with E-state index in [0.29, 0.717) is 13.1 Å². The molecule has 0 aliphatic carbocycles. The Balaban J connectivity index is 1.89. The molecule has 0 bridgehead atoms. The van der Waals surface area contributed by atoms with Gasteiger partial charge in [-0.25, -0.2) is 4.98 Å². The molecule has 4 nitrogen and oxygen atoms in total. The van der Waals surface area contributed by atoms with Gasteiger partial charge in [0.2, 0.25) is 5.91 Å². The first-order valence-electron chi connectivity index (χ1n) is 7.00. The number of benzene rings is 1. The zero-order valence-corrected chi connectivity index (χ0v) is 11.9. The van der Waals surface area contributed by atoms with Gasteiger partial charge in [-0.1, -0.05) is 44.2 Å². The fourth-order valence-electron chi connectivity index (χ4n) is 2.83. The third-order valence-corrected chi connectivity index (χ3v) is 3.81. The summed E-state index contributed by atoms with van der Waals surface area (Å²) in [4.78, 5) is 18.8. The summed E-state index contributed by atoms with van der Waals surface area (Å²) < 4.78 is 2.02. The predicted octanol–water partition coefficient (Wildman–Crippen LogP) is 2.62. The highest BCUT2D eigenvalue weighted by Crippen LogP contribution is 2.28. The smallest absolute Gasteiger partial charge is 0.246 e. The first kappa shape index (κ1) is 12.9. The maximum absolute atomic E-state index is 12.7. The summed E-state index contributed by atoms with van der Waals surface area (Å²) in [6.45, 7) is 5.46. The molecule has 0 fully saturated rings. The highest BCUT2D eigenvalue weighted by molar-refractivity contribution is 5.81. The van der Waals surface area contributed by atoms with E-state index in [4.69, 9.17) is 0 Å². The highest BCUT2D eigenvalue weighted by Gasteiger charge is 2.34. The fourth-order valence-corrected chi connectivity index (χ4v) is 2.83. The molecule has 104 valence electrons. The normalized spacial score (nSPS) is 18.4. The lowest BCUT2D eigenvalue weighted by Gasteiger charge is -2.35. The van der Waals surface area contributed by atoms with Crippen molar-refractivity contribution in [1.82, 2.24) is 14.5 Å². The lowest BCUT2D eigenvalue weighted by atomic mass is 9.99. The number of carbonyl (C=O) groups is 1. The molecule has 1 aliphatic rings. The van der Waals surface area contributed by atoms with E-state index < -0.39 is 0 Å². The maximum Gasteiger partial charge on any atom is 0.246 e. The van der Waals surface area contributed by atoms with Crippen molar-refractivity contribution in [2.45, 2.75) is 33.0 Å². The summed E-state index contributed by atoms with van der Waals surface area (Å²) >= 11 is 0. The van der Waals surface area contributed by atoms with Gasteiger partial charge in [0.05, 0.1) is 18.6 Å². The Morgan fingerprint density at radius 1 is 1.30 bits per heavy atom. The summed E-state index contributed by atoms with van der Waals surface area (Å²) in [6, 6.07) is 9.99. The Morgan fingerprint density at radius 3 is 2.75 bits per heavy atom. The van der Waals surface area contributed by atoms with Crippen molar-refractivity contribution in [3.63, 3.8) is 0 Å². The SMILES string of the molecule is CC(C)C1C(=O)N(Cc2ccccc2)Cc2cncn21. The van der Waals surface area contributed by atoms with Gasteiger partial charge in [0.1, 0.15) is 6.04 Å². The van der Waals surface area contributed by atoms with E-state index >= 15 is 0 Å². The Kier molecular flexibility index (Phi) is 3.30. The van der Waals surface area contributed by atoms with Crippen molar-refractivity contribution in [2.24, 2.45) is 5.92 Å². The van der Waals surface area contributed by atoms with Gasteiger partial charge in [0, 0.05) is 12.7 Å². The Bertz CT molecular complexity index is 603. The van der Waals surface area contributed by atoms with E-state index in [1.807, 2.05) is 33.9 Å². The molecule has 3 rings (SSSR count). The molecule has 20 heavy (non-hydrogen) atoms. The van der Waals surface area contributed by atoms with Gasteiger partial charge in [-0.15, -0.1) is 0 Å². The van der Waals surface area contributed by atoms with Crippen LogP contribution < -0.4 is 0 Å². The van der Waals surface area contributed by atoms with Crippen LogP contribution in [0.25, 0.3) is 0 Å². The minimum atomic E-state index is -0.134. The standard InChI is InChI=1S/C16H19N3O/c1-12(2)15-16(20)18(9-13-6-4-3-5-7-13)10-14-8-17-11-19(14)15/h3-8,11-12,15H,9-10H2,1-2H3. The van der Waals surface area contributed by atoms with E-state index in [-0.39, 0.29) is 17.9 Å². The van der Waals surface area contributed by atoms with Crippen LogP contribution in [-0.2, 0) is 17.9 Å². The van der Waals surface area contributed by atoms with E-state index in [1.165, 1.54) is 0 Å². The molecule has 2 aromatic rings. The first-order chi connectivity index (χ1) is 9.66. The topological polar surface area (TPSA) is 38.1 Å². The quantitative estimate of drug-likeness (QED) is 0.859. The van der Waals surface area contributed by atoms with Crippen molar-refractivity contribution in [2.75, 3.05) is 0 Å². The van der Waals surface area contributed by atoms with Gasteiger partial charge < -0.3 is 9.47 Å². The lowest BCUT2D eigenvalue weighted by molar-refractivity contribution is -0.139. The molecule has 0 saturated heterocycles. The van der Waals surface area contributed by atoms with Gasteiger partial charge in [0.15, 0.2) is 0 Å². The van der Waals surface area contributed by atoms with Crippen molar-refractivity contribution in [3.05, 3.63) is 54.1 Å². The fraction of sp³-hybridized carbons (Fsp3) is 0.375. The number of fused-ring (bicyclic) bond motifs is 1. The number of nitrogens with zero attached hydrogens (tertiary/aromatic N) is 3. The Labute approximate surface area is 119 Å². The van der Waals surface area contributed by atoms with Crippen LogP contribution in [0.5, 0.6) is 0 Å². The van der Waals surface area contributed by atoms with Crippen LogP contribution in [0.2, 0.25) is 0 Å². The van der Waals surface area contributed by atoms with Gasteiger partial charge >= 0.3 is 0 Å². The van der Waals surface area contributed by atoms with E-state index in [1.54, 1.807) is 6.33 Å².